The summed E-state index contributed by atoms with van der Waals surface area (Å²) in [7, 11) is 1.43. The molecule has 0 amide bonds. The van der Waals surface area contributed by atoms with Gasteiger partial charge < -0.3 is 4.74 Å². The Bertz CT molecular complexity index is 184. The summed E-state index contributed by atoms with van der Waals surface area (Å²) in [6.45, 7) is 6.10. The Morgan fingerprint density at radius 2 is 1.62 bits per heavy atom. The molecule has 0 unspecified atom stereocenters. The van der Waals surface area contributed by atoms with Gasteiger partial charge in [0, 0.05) is 5.57 Å². The average molecular weight is 184 g/mol. The highest BCUT2D eigenvalue weighted by Gasteiger charge is 2.09. The second-order valence-corrected chi connectivity index (χ2v) is 3.22. The lowest BCUT2D eigenvalue weighted by Crippen LogP contribution is -2.05. The molecule has 0 aromatic carbocycles. The summed E-state index contributed by atoms with van der Waals surface area (Å²) in [5, 5.41) is 0. The number of allylic oxidation sites excluding steroid dienone is 1. The van der Waals surface area contributed by atoms with Crippen LogP contribution in [0, 0.1) is 0 Å². The van der Waals surface area contributed by atoms with E-state index in [-0.39, 0.29) is 5.97 Å². The van der Waals surface area contributed by atoms with Gasteiger partial charge >= 0.3 is 5.97 Å². The van der Waals surface area contributed by atoms with Gasteiger partial charge in [-0.15, -0.1) is 0 Å². The quantitative estimate of drug-likeness (QED) is 0.485. The van der Waals surface area contributed by atoms with E-state index < -0.39 is 0 Å². The van der Waals surface area contributed by atoms with E-state index in [0.717, 1.165) is 31.3 Å². The van der Waals surface area contributed by atoms with Crippen molar-refractivity contribution in [3.8, 4) is 0 Å². The van der Waals surface area contributed by atoms with E-state index in [2.05, 4.69) is 18.6 Å². The van der Waals surface area contributed by atoms with Gasteiger partial charge in [-0.2, -0.15) is 0 Å². The maximum atomic E-state index is 11.2. The lowest BCUT2D eigenvalue weighted by Gasteiger charge is -2.08. The highest BCUT2D eigenvalue weighted by atomic mass is 16.5. The van der Waals surface area contributed by atoms with Crippen molar-refractivity contribution in [2.24, 2.45) is 0 Å². The summed E-state index contributed by atoms with van der Waals surface area (Å²) in [5.41, 5.74) is 2.04. The molecule has 0 rings (SSSR count). The number of carbonyl (C=O) groups excluding carboxylic acids is 1. The minimum Gasteiger partial charge on any atom is -0.466 e. The molecule has 76 valence electrons. The number of esters is 1. The van der Waals surface area contributed by atoms with Crippen molar-refractivity contribution in [2.75, 3.05) is 7.11 Å². The largest absolute Gasteiger partial charge is 0.466 e. The third kappa shape index (κ3) is 4.11. The van der Waals surface area contributed by atoms with Crippen molar-refractivity contribution < 1.29 is 9.53 Å². The molecule has 0 aliphatic heterocycles. The molecule has 0 N–H and O–H groups in total. The van der Waals surface area contributed by atoms with Crippen LogP contribution >= 0.6 is 0 Å². The zero-order chi connectivity index (χ0) is 10.3. The predicted molar refractivity (Wildman–Crippen MR) is 54.5 cm³/mol. The summed E-state index contributed by atoms with van der Waals surface area (Å²) >= 11 is 0. The van der Waals surface area contributed by atoms with Crippen molar-refractivity contribution >= 4 is 5.97 Å². The molecule has 0 radical (unpaired) electrons. The van der Waals surface area contributed by atoms with E-state index in [1.165, 1.54) is 12.7 Å². The van der Waals surface area contributed by atoms with E-state index in [1.54, 1.807) is 0 Å². The Kier molecular flexibility index (Phi) is 6.29. The maximum Gasteiger partial charge on any atom is 0.333 e. The fraction of sp³-hybridized carbons (Fsp3) is 0.727. The van der Waals surface area contributed by atoms with E-state index in [1.807, 2.05) is 6.92 Å². The Morgan fingerprint density at radius 1 is 1.15 bits per heavy atom. The molecule has 0 bridgehead atoms. The predicted octanol–water partition coefficient (Wildman–Crippen LogP) is 3.08. The molecule has 0 atom stereocenters. The first kappa shape index (κ1) is 12.2. The van der Waals surface area contributed by atoms with Crippen LogP contribution in [-0.4, -0.2) is 13.1 Å². The second-order valence-electron chi connectivity index (χ2n) is 3.22. The van der Waals surface area contributed by atoms with E-state index in [9.17, 15) is 4.79 Å². The zero-order valence-electron chi connectivity index (χ0n) is 9.14. The van der Waals surface area contributed by atoms with Gasteiger partial charge in [0.2, 0.25) is 0 Å². The van der Waals surface area contributed by atoms with Gasteiger partial charge in [-0.25, -0.2) is 4.79 Å². The third-order valence-corrected chi connectivity index (χ3v) is 2.13. The fourth-order valence-corrected chi connectivity index (χ4v) is 1.40. The van der Waals surface area contributed by atoms with Crippen molar-refractivity contribution in [1.29, 1.82) is 0 Å². The van der Waals surface area contributed by atoms with Gasteiger partial charge in [-0.05, 0) is 19.8 Å². The first-order chi connectivity index (χ1) is 6.17. The summed E-state index contributed by atoms with van der Waals surface area (Å²) in [6, 6.07) is 0. The van der Waals surface area contributed by atoms with Crippen LogP contribution in [0.25, 0.3) is 0 Å². The molecule has 0 aromatic rings. The summed E-state index contributed by atoms with van der Waals surface area (Å²) in [6.07, 6.45) is 4.19. The van der Waals surface area contributed by atoms with Crippen LogP contribution in [0.4, 0.5) is 0 Å². The minimum absolute atomic E-state index is 0.183. The fourth-order valence-electron chi connectivity index (χ4n) is 1.40. The lowest BCUT2D eigenvalue weighted by atomic mass is 10.0. The van der Waals surface area contributed by atoms with Crippen molar-refractivity contribution in [2.45, 2.75) is 46.5 Å². The van der Waals surface area contributed by atoms with Crippen molar-refractivity contribution in [3.05, 3.63) is 11.1 Å². The normalized spacial score (nSPS) is 9.54. The van der Waals surface area contributed by atoms with Crippen molar-refractivity contribution in [1.82, 2.24) is 0 Å². The molecule has 0 aromatic heterocycles. The minimum atomic E-state index is -0.183. The second kappa shape index (κ2) is 6.70. The van der Waals surface area contributed by atoms with Gasteiger partial charge in [0.05, 0.1) is 7.11 Å². The molecule has 0 heterocycles. The lowest BCUT2D eigenvalue weighted by molar-refractivity contribution is -0.136. The standard InChI is InChI=1S/C11H20O2/c1-5-7-10(8-6-2)9(3)11(12)13-4/h5-8H2,1-4H3. The van der Waals surface area contributed by atoms with E-state index in [4.69, 9.17) is 0 Å². The van der Waals surface area contributed by atoms with Crippen LogP contribution < -0.4 is 0 Å². The first-order valence-electron chi connectivity index (χ1n) is 4.94. The monoisotopic (exact) mass is 184 g/mol. The highest BCUT2D eigenvalue weighted by Crippen LogP contribution is 2.17. The number of hydrogen-bond acceptors (Lipinski definition) is 2. The topological polar surface area (TPSA) is 26.3 Å². The van der Waals surface area contributed by atoms with Gasteiger partial charge in [-0.1, -0.05) is 32.3 Å². The van der Waals surface area contributed by atoms with Crippen LogP contribution in [0.5, 0.6) is 0 Å². The number of carbonyl (C=O) groups is 1. The van der Waals surface area contributed by atoms with Crippen molar-refractivity contribution in [3.63, 3.8) is 0 Å². The Hall–Kier alpha value is -0.790. The SMILES string of the molecule is CCCC(CCC)=C(C)C(=O)OC. The van der Waals surface area contributed by atoms with Gasteiger partial charge in [0.1, 0.15) is 0 Å². The summed E-state index contributed by atoms with van der Waals surface area (Å²) in [5.74, 6) is -0.183. The highest BCUT2D eigenvalue weighted by molar-refractivity contribution is 5.88. The van der Waals surface area contributed by atoms with Crippen LogP contribution in [0.3, 0.4) is 0 Å². The van der Waals surface area contributed by atoms with Crippen LogP contribution in [0.15, 0.2) is 11.1 Å². The van der Waals surface area contributed by atoms with Crippen LogP contribution in [-0.2, 0) is 9.53 Å². The summed E-state index contributed by atoms with van der Waals surface area (Å²) in [4.78, 5) is 11.2. The molecule has 0 aliphatic rings. The summed E-state index contributed by atoms with van der Waals surface area (Å²) < 4.78 is 4.69. The zero-order valence-corrected chi connectivity index (χ0v) is 9.14. The molecule has 0 spiro atoms. The number of ether oxygens (including phenoxy) is 1. The maximum absolute atomic E-state index is 11.2. The number of rotatable bonds is 5. The molecule has 0 saturated carbocycles. The van der Waals surface area contributed by atoms with Gasteiger partial charge in [-0.3, -0.25) is 0 Å². The third-order valence-electron chi connectivity index (χ3n) is 2.13. The molecule has 2 heteroatoms. The van der Waals surface area contributed by atoms with Gasteiger partial charge in [0.25, 0.3) is 0 Å². The molecule has 0 saturated heterocycles. The smallest absolute Gasteiger partial charge is 0.333 e. The van der Waals surface area contributed by atoms with Gasteiger partial charge in [0.15, 0.2) is 0 Å². The molecular weight excluding hydrogens is 164 g/mol. The van der Waals surface area contributed by atoms with Crippen LogP contribution in [0.2, 0.25) is 0 Å². The number of methoxy groups -OCH3 is 1. The average Bonchev–Trinajstić information content (AvgIpc) is 2.15. The van der Waals surface area contributed by atoms with E-state index in [0.29, 0.717) is 0 Å². The Labute approximate surface area is 81.0 Å². The first-order valence-corrected chi connectivity index (χ1v) is 4.94. The molecule has 0 fully saturated rings. The molecular formula is C11H20O2. The molecule has 2 nitrogen and oxygen atoms in total. The molecule has 0 aliphatic carbocycles. The van der Waals surface area contributed by atoms with E-state index >= 15 is 0 Å². The van der Waals surface area contributed by atoms with Crippen LogP contribution in [0.1, 0.15) is 46.5 Å². The Balaban J connectivity index is 4.52. The molecule has 13 heavy (non-hydrogen) atoms. The Morgan fingerprint density at radius 3 is 1.92 bits per heavy atom. The number of hydrogen-bond donors (Lipinski definition) is 0.